The van der Waals surface area contributed by atoms with E-state index in [2.05, 4.69) is 14.7 Å². The molecular weight excluding hydrogens is 315 g/mol. The topological polar surface area (TPSA) is 79.5 Å². The van der Waals surface area contributed by atoms with Gasteiger partial charge in [-0.3, -0.25) is 0 Å². The largest absolute Gasteiger partial charge is 0.475 e. The van der Waals surface area contributed by atoms with Crippen molar-refractivity contribution in [1.29, 1.82) is 0 Å². The van der Waals surface area contributed by atoms with Gasteiger partial charge in [-0.15, -0.1) is 0 Å². The number of nitrogens with zero attached hydrogens (tertiary/aromatic N) is 3. The van der Waals surface area contributed by atoms with Gasteiger partial charge in [-0.25, -0.2) is 22.9 Å². The lowest BCUT2D eigenvalue weighted by molar-refractivity contribution is -0.0222. The lowest BCUT2D eigenvalue weighted by Gasteiger charge is -2.32. The van der Waals surface area contributed by atoms with Crippen LogP contribution in [0.5, 0.6) is 0 Å². The molecule has 1 fully saturated rings. The van der Waals surface area contributed by atoms with E-state index in [0.717, 1.165) is 12.1 Å². The molecule has 2 aromatic rings. The van der Waals surface area contributed by atoms with E-state index < -0.39 is 17.7 Å². The number of carbonyl (C=O) groups is 1. The van der Waals surface area contributed by atoms with E-state index in [9.17, 15) is 18.0 Å². The molecule has 0 radical (unpaired) electrons. The van der Waals surface area contributed by atoms with Gasteiger partial charge in [0.25, 0.3) is 5.92 Å². The fraction of sp³-hybridized carbons (Fsp3) is 0.357. The number of hydrogen-bond acceptors (Lipinski definition) is 5. The summed E-state index contributed by atoms with van der Waals surface area (Å²) in [6, 6.07) is 2.28. The molecule has 122 valence electrons. The van der Waals surface area contributed by atoms with Crippen molar-refractivity contribution in [2.24, 2.45) is 0 Å². The van der Waals surface area contributed by atoms with Crippen molar-refractivity contribution in [1.82, 2.24) is 10.1 Å². The molecule has 9 heteroatoms. The summed E-state index contributed by atoms with van der Waals surface area (Å²) >= 11 is 0. The third kappa shape index (κ3) is 3.13. The van der Waals surface area contributed by atoms with E-state index in [1.54, 1.807) is 0 Å². The molecule has 1 aliphatic rings. The molecule has 23 heavy (non-hydrogen) atoms. The summed E-state index contributed by atoms with van der Waals surface area (Å²) < 4.78 is 45.1. The maximum absolute atomic E-state index is 14.2. The quantitative estimate of drug-likeness (QED) is 0.934. The summed E-state index contributed by atoms with van der Waals surface area (Å²) in [4.78, 5) is 16.2. The van der Waals surface area contributed by atoms with Crippen LogP contribution < -0.4 is 4.90 Å². The van der Waals surface area contributed by atoms with Crippen LogP contribution in [-0.2, 0) is 0 Å². The molecule has 1 N–H and O–H groups in total. The van der Waals surface area contributed by atoms with Crippen LogP contribution in [0.1, 0.15) is 23.4 Å². The van der Waals surface area contributed by atoms with Crippen LogP contribution in [0, 0.1) is 5.82 Å². The zero-order valence-corrected chi connectivity index (χ0v) is 11.8. The first-order valence-corrected chi connectivity index (χ1v) is 6.84. The number of halogens is 3. The Morgan fingerprint density at radius 1 is 1.30 bits per heavy atom. The Kier molecular flexibility index (Phi) is 3.70. The summed E-state index contributed by atoms with van der Waals surface area (Å²) in [6.45, 7) is 0.0345. The average molecular weight is 327 g/mol. The Bertz CT molecular complexity index is 738. The van der Waals surface area contributed by atoms with E-state index >= 15 is 0 Å². The molecule has 1 aliphatic heterocycles. The molecule has 0 aromatic carbocycles. The van der Waals surface area contributed by atoms with Crippen LogP contribution in [0.4, 0.5) is 19.0 Å². The number of alkyl halides is 2. The maximum Gasteiger partial charge on any atom is 0.374 e. The highest BCUT2D eigenvalue weighted by atomic mass is 19.3. The molecule has 0 atom stereocenters. The number of aromatic carboxylic acids is 1. The van der Waals surface area contributed by atoms with Gasteiger partial charge in [-0.1, -0.05) is 5.16 Å². The number of anilines is 1. The Morgan fingerprint density at radius 3 is 2.57 bits per heavy atom. The van der Waals surface area contributed by atoms with Crippen molar-refractivity contribution in [3.8, 4) is 11.3 Å². The summed E-state index contributed by atoms with van der Waals surface area (Å²) in [6.07, 6.45) is 0.608. The number of rotatable bonds is 3. The molecule has 6 nitrogen and oxygen atoms in total. The number of carboxylic acid groups (broad SMARTS) is 1. The molecule has 3 rings (SSSR count). The van der Waals surface area contributed by atoms with Gasteiger partial charge < -0.3 is 14.5 Å². The molecule has 0 spiro atoms. The van der Waals surface area contributed by atoms with Crippen molar-refractivity contribution >= 4 is 11.8 Å². The minimum absolute atomic E-state index is 0.00815. The fourth-order valence-electron chi connectivity index (χ4n) is 2.36. The van der Waals surface area contributed by atoms with Gasteiger partial charge in [-0.2, -0.15) is 0 Å². The maximum atomic E-state index is 14.2. The van der Waals surface area contributed by atoms with Gasteiger partial charge in [0.15, 0.2) is 11.6 Å². The first-order chi connectivity index (χ1) is 10.9. The highest BCUT2D eigenvalue weighted by Crippen LogP contribution is 2.31. The summed E-state index contributed by atoms with van der Waals surface area (Å²) in [5.41, 5.74) is 0.371. The van der Waals surface area contributed by atoms with Crippen molar-refractivity contribution in [3.05, 3.63) is 29.9 Å². The van der Waals surface area contributed by atoms with E-state index in [1.807, 2.05) is 0 Å². The van der Waals surface area contributed by atoms with Gasteiger partial charge in [0.1, 0.15) is 5.69 Å². The Morgan fingerprint density at radius 2 is 2.00 bits per heavy atom. The zero-order chi connectivity index (χ0) is 16.6. The Balaban J connectivity index is 1.82. The number of piperidine rings is 1. The van der Waals surface area contributed by atoms with Gasteiger partial charge in [-0.05, 0) is 6.07 Å². The lowest BCUT2D eigenvalue weighted by atomic mass is 10.1. The van der Waals surface area contributed by atoms with Gasteiger partial charge in [0, 0.05) is 43.8 Å². The Labute approximate surface area is 128 Å². The predicted octanol–water partition coefficient (Wildman–Crippen LogP) is 2.81. The lowest BCUT2D eigenvalue weighted by Crippen LogP contribution is -2.40. The van der Waals surface area contributed by atoms with Crippen LogP contribution >= 0.6 is 0 Å². The second-order valence-corrected chi connectivity index (χ2v) is 5.25. The molecule has 0 saturated carbocycles. The molecule has 2 aromatic heterocycles. The SMILES string of the molecule is O=C(O)c1cc(-c2cnc(N3CCC(F)(F)CC3)c(F)c2)no1. The van der Waals surface area contributed by atoms with Crippen molar-refractivity contribution in [2.75, 3.05) is 18.0 Å². The van der Waals surface area contributed by atoms with Gasteiger partial charge in [0.2, 0.25) is 5.76 Å². The average Bonchev–Trinajstić information content (AvgIpc) is 2.98. The summed E-state index contributed by atoms with van der Waals surface area (Å²) in [5, 5.41) is 12.3. The van der Waals surface area contributed by atoms with Crippen molar-refractivity contribution in [3.63, 3.8) is 0 Å². The van der Waals surface area contributed by atoms with Crippen LogP contribution in [0.15, 0.2) is 22.9 Å². The normalized spacial score (nSPS) is 17.3. The Hall–Kier alpha value is -2.58. The van der Waals surface area contributed by atoms with Crippen LogP contribution in [-0.4, -0.2) is 40.2 Å². The minimum Gasteiger partial charge on any atom is -0.475 e. The van der Waals surface area contributed by atoms with Gasteiger partial charge in [0.05, 0.1) is 0 Å². The molecule has 0 unspecified atom stereocenters. The fourth-order valence-corrected chi connectivity index (χ4v) is 2.36. The number of carboxylic acids is 1. The standard InChI is InChI=1S/C14H12F3N3O3/c15-9-5-8(10-6-11(13(21)22)23-19-10)7-18-12(9)20-3-1-14(16,17)2-4-20/h5-7H,1-4H2,(H,21,22). The van der Waals surface area contributed by atoms with Gasteiger partial charge >= 0.3 is 5.97 Å². The van der Waals surface area contributed by atoms with E-state index in [4.69, 9.17) is 5.11 Å². The van der Waals surface area contributed by atoms with E-state index in [-0.39, 0.29) is 48.8 Å². The number of hydrogen-bond donors (Lipinski definition) is 1. The smallest absolute Gasteiger partial charge is 0.374 e. The molecule has 0 aliphatic carbocycles. The van der Waals surface area contributed by atoms with Crippen molar-refractivity contribution in [2.45, 2.75) is 18.8 Å². The third-order valence-electron chi connectivity index (χ3n) is 3.63. The molecular formula is C14H12F3N3O3. The third-order valence-corrected chi connectivity index (χ3v) is 3.63. The first kappa shape index (κ1) is 15.3. The monoisotopic (exact) mass is 327 g/mol. The predicted molar refractivity (Wildman–Crippen MR) is 73.0 cm³/mol. The van der Waals surface area contributed by atoms with Crippen LogP contribution in [0.2, 0.25) is 0 Å². The minimum atomic E-state index is -2.72. The van der Waals surface area contributed by atoms with E-state index in [0.29, 0.717) is 0 Å². The number of aromatic nitrogens is 2. The molecule has 0 bridgehead atoms. The van der Waals surface area contributed by atoms with Crippen molar-refractivity contribution < 1.29 is 27.6 Å². The first-order valence-electron chi connectivity index (χ1n) is 6.84. The molecule has 1 saturated heterocycles. The van der Waals surface area contributed by atoms with Crippen LogP contribution in [0.25, 0.3) is 11.3 Å². The summed E-state index contributed by atoms with van der Waals surface area (Å²) in [5.74, 6) is -5.08. The molecule has 3 heterocycles. The second-order valence-electron chi connectivity index (χ2n) is 5.25. The number of pyridine rings is 1. The molecule has 0 amide bonds. The second kappa shape index (κ2) is 5.56. The van der Waals surface area contributed by atoms with Crippen LogP contribution in [0.3, 0.4) is 0 Å². The highest BCUT2D eigenvalue weighted by Gasteiger charge is 2.35. The highest BCUT2D eigenvalue weighted by molar-refractivity contribution is 5.85. The zero-order valence-electron chi connectivity index (χ0n) is 11.8. The van der Waals surface area contributed by atoms with E-state index in [1.165, 1.54) is 11.1 Å². The summed E-state index contributed by atoms with van der Waals surface area (Å²) in [7, 11) is 0.